The van der Waals surface area contributed by atoms with Crippen molar-refractivity contribution >= 4 is 29.9 Å². The molecule has 1 aliphatic rings. The molecule has 0 saturated heterocycles. The molecule has 7 heteroatoms. The van der Waals surface area contributed by atoms with Crippen LogP contribution in [0.3, 0.4) is 0 Å². The third kappa shape index (κ3) is 7.65. The zero-order valence-corrected chi connectivity index (χ0v) is 18.5. The van der Waals surface area contributed by atoms with E-state index in [9.17, 15) is 4.39 Å². The van der Waals surface area contributed by atoms with Gasteiger partial charge in [-0.1, -0.05) is 12.1 Å². The van der Waals surface area contributed by atoms with Crippen LogP contribution in [-0.2, 0) is 0 Å². The number of nitrogens with zero attached hydrogens (tertiary/aromatic N) is 2. The summed E-state index contributed by atoms with van der Waals surface area (Å²) in [6, 6.07) is 7.60. The summed E-state index contributed by atoms with van der Waals surface area (Å²) in [5, 5.41) is 6.52. The van der Waals surface area contributed by atoms with Gasteiger partial charge in [-0.3, -0.25) is 9.89 Å². The highest BCUT2D eigenvalue weighted by molar-refractivity contribution is 14.0. The Morgan fingerprint density at radius 3 is 2.62 bits per heavy atom. The molecule has 26 heavy (non-hydrogen) atoms. The first-order chi connectivity index (χ1) is 12.0. The lowest BCUT2D eigenvalue weighted by Gasteiger charge is -2.23. The number of ether oxygens (including phenoxy) is 1. The van der Waals surface area contributed by atoms with E-state index in [1.54, 1.807) is 18.2 Å². The number of rotatable bonds is 9. The van der Waals surface area contributed by atoms with Crippen LogP contribution in [0.15, 0.2) is 29.3 Å². The molecule has 0 spiro atoms. The number of benzene rings is 1. The van der Waals surface area contributed by atoms with Crippen LogP contribution >= 0.6 is 24.0 Å². The molecule has 0 heterocycles. The van der Waals surface area contributed by atoms with Gasteiger partial charge in [0.15, 0.2) is 17.5 Å². The van der Waals surface area contributed by atoms with E-state index >= 15 is 0 Å². The number of guanidine groups is 1. The van der Waals surface area contributed by atoms with Crippen molar-refractivity contribution in [1.82, 2.24) is 15.5 Å². The largest absolute Gasteiger partial charge is 0.486 e. The Bertz CT molecular complexity index is 568. The summed E-state index contributed by atoms with van der Waals surface area (Å²) < 4.78 is 19.3. The minimum Gasteiger partial charge on any atom is -0.486 e. The van der Waals surface area contributed by atoms with Crippen LogP contribution in [0, 0.1) is 5.82 Å². The molecule has 1 aromatic carbocycles. The third-order valence-corrected chi connectivity index (χ3v) is 4.40. The van der Waals surface area contributed by atoms with Gasteiger partial charge in [0.05, 0.1) is 13.1 Å². The second kappa shape index (κ2) is 11.6. The van der Waals surface area contributed by atoms with Crippen molar-refractivity contribution in [3.05, 3.63) is 30.1 Å². The minimum atomic E-state index is -0.341. The monoisotopic (exact) mass is 478 g/mol. The van der Waals surface area contributed by atoms with Crippen molar-refractivity contribution in [1.29, 1.82) is 0 Å². The van der Waals surface area contributed by atoms with Crippen LogP contribution in [0.4, 0.5) is 4.39 Å². The lowest BCUT2D eigenvalue weighted by molar-refractivity contribution is 0.214. The van der Waals surface area contributed by atoms with Crippen molar-refractivity contribution in [2.45, 2.75) is 51.8 Å². The van der Waals surface area contributed by atoms with Gasteiger partial charge >= 0.3 is 0 Å². The number of hydrogen-bond acceptors (Lipinski definition) is 3. The van der Waals surface area contributed by atoms with Crippen molar-refractivity contribution in [2.24, 2.45) is 4.99 Å². The van der Waals surface area contributed by atoms with Gasteiger partial charge in [0.2, 0.25) is 0 Å². The van der Waals surface area contributed by atoms with E-state index in [0.29, 0.717) is 12.6 Å². The molecule has 1 fully saturated rings. The predicted octanol–water partition coefficient (Wildman–Crippen LogP) is 3.25. The second-order valence-corrected chi connectivity index (χ2v) is 6.71. The van der Waals surface area contributed by atoms with E-state index in [4.69, 9.17) is 4.74 Å². The summed E-state index contributed by atoms with van der Waals surface area (Å²) in [5.74, 6) is 0.702. The number of halogens is 2. The van der Waals surface area contributed by atoms with Crippen LogP contribution in [-0.4, -0.2) is 55.7 Å². The van der Waals surface area contributed by atoms with Gasteiger partial charge in [0, 0.05) is 18.6 Å². The predicted molar refractivity (Wildman–Crippen MR) is 116 cm³/mol. The molecule has 1 aliphatic carbocycles. The maximum atomic E-state index is 13.6. The van der Waals surface area contributed by atoms with E-state index in [-0.39, 0.29) is 41.6 Å². The molecule has 0 aliphatic heterocycles. The summed E-state index contributed by atoms with van der Waals surface area (Å²) in [7, 11) is 2.17. The first-order valence-corrected chi connectivity index (χ1v) is 9.16. The molecule has 2 N–H and O–H groups in total. The minimum absolute atomic E-state index is 0. The molecular weight excluding hydrogens is 446 g/mol. The van der Waals surface area contributed by atoms with Gasteiger partial charge in [0.1, 0.15) is 6.10 Å². The fraction of sp³-hybridized carbons (Fsp3) is 0.632. The third-order valence-electron chi connectivity index (χ3n) is 4.40. The SMILES string of the molecule is CCNC(=NCC(C)N(C)C1CC1)NCC(C)Oc1ccccc1F.I. The van der Waals surface area contributed by atoms with E-state index in [1.165, 1.54) is 18.9 Å². The van der Waals surface area contributed by atoms with Crippen molar-refractivity contribution in [3.8, 4) is 5.75 Å². The number of hydrogen-bond donors (Lipinski definition) is 2. The molecule has 2 rings (SSSR count). The van der Waals surface area contributed by atoms with Crippen molar-refractivity contribution < 1.29 is 9.13 Å². The smallest absolute Gasteiger partial charge is 0.191 e. The van der Waals surface area contributed by atoms with E-state index in [0.717, 1.165) is 25.1 Å². The number of likely N-dealkylation sites (N-methyl/N-ethyl adjacent to an activating group) is 1. The molecule has 0 bridgehead atoms. The summed E-state index contributed by atoms with van der Waals surface area (Å²) in [6.45, 7) is 8.23. The highest BCUT2D eigenvalue weighted by Gasteiger charge is 2.28. The molecule has 2 unspecified atom stereocenters. The highest BCUT2D eigenvalue weighted by Crippen LogP contribution is 2.26. The fourth-order valence-electron chi connectivity index (χ4n) is 2.57. The van der Waals surface area contributed by atoms with Gasteiger partial charge in [-0.2, -0.15) is 0 Å². The Kier molecular flexibility index (Phi) is 10.2. The summed E-state index contributed by atoms with van der Waals surface area (Å²) in [5.41, 5.74) is 0. The molecule has 2 atom stereocenters. The van der Waals surface area contributed by atoms with Crippen LogP contribution < -0.4 is 15.4 Å². The Balaban J connectivity index is 0.00000338. The first kappa shape index (κ1) is 23.0. The second-order valence-electron chi connectivity index (χ2n) is 6.71. The van der Waals surface area contributed by atoms with Gasteiger partial charge in [-0.15, -0.1) is 24.0 Å². The van der Waals surface area contributed by atoms with Crippen LogP contribution in [0.2, 0.25) is 0 Å². The fourth-order valence-corrected chi connectivity index (χ4v) is 2.57. The van der Waals surface area contributed by atoms with Crippen LogP contribution in [0.25, 0.3) is 0 Å². The normalized spacial score (nSPS) is 16.6. The molecule has 1 aromatic rings. The van der Waals surface area contributed by atoms with Gasteiger partial charge < -0.3 is 15.4 Å². The van der Waals surface area contributed by atoms with E-state index < -0.39 is 0 Å². The van der Waals surface area contributed by atoms with Gasteiger partial charge in [-0.05, 0) is 52.8 Å². The Hall–Kier alpha value is -1.09. The molecule has 5 nitrogen and oxygen atoms in total. The Labute approximate surface area is 173 Å². The summed E-state index contributed by atoms with van der Waals surface area (Å²) in [6.07, 6.45) is 2.42. The molecule has 0 radical (unpaired) electrons. The average molecular weight is 478 g/mol. The topological polar surface area (TPSA) is 48.9 Å². The Morgan fingerprint density at radius 1 is 1.31 bits per heavy atom. The van der Waals surface area contributed by atoms with E-state index in [1.807, 2.05) is 13.8 Å². The summed E-state index contributed by atoms with van der Waals surface area (Å²) >= 11 is 0. The lowest BCUT2D eigenvalue weighted by atomic mass is 10.3. The van der Waals surface area contributed by atoms with E-state index in [2.05, 4.69) is 34.5 Å². The number of nitrogens with one attached hydrogen (secondary N) is 2. The van der Waals surface area contributed by atoms with Crippen LogP contribution in [0.5, 0.6) is 5.75 Å². The zero-order valence-electron chi connectivity index (χ0n) is 16.2. The molecule has 0 amide bonds. The average Bonchev–Trinajstić information content (AvgIpc) is 3.43. The maximum absolute atomic E-state index is 13.6. The lowest BCUT2D eigenvalue weighted by Crippen LogP contribution is -2.43. The highest BCUT2D eigenvalue weighted by atomic mass is 127. The van der Waals surface area contributed by atoms with Gasteiger partial charge in [0.25, 0.3) is 0 Å². The number of para-hydroxylation sites is 1. The molecule has 148 valence electrons. The number of aliphatic imine (C=N–C) groups is 1. The zero-order chi connectivity index (χ0) is 18.2. The molecular formula is C19H32FIN4O. The summed E-state index contributed by atoms with van der Waals surface area (Å²) in [4.78, 5) is 7.06. The molecule has 0 aromatic heterocycles. The Morgan fingerprint density at radius 2 is 2.00 bits per heavy atom. The quantitative estimate of drug-likeness (QED) is 0.325. The van der Waals surface area contributed by atoms with Crippen molar-refractivity contribution in [2.75, 3.05) is 26.7 Å². The molecule has 1 saturated carbocycles. The van der Waals surface area contributed by atoms with Crippen LogP contribution in [0.1, 0.15) is 33.6 Å². The standard InChI is InChI=1S/C19H31FN4O.HI/c1-5-21-19(22-12-14(2)24(4)16-10-11-16)23-13-15(3)25-18-9-7-6-8-17(18)20;/h6-9,14-16H,5,10-13H2,1-4H3,(H2,21,22,23);1H. The van der Waals surface area contributed by atoms with Gasteiger partial charge in [-0.25, -0.2) is 4.39 Å². The van der Waals surface area contributed by atoms with Crippen molar-refractivity contribution in [3.63, 3.8) is 0 Å². The maximum Gasteiger partial charge on any atom is 0.191 e. The first-order valence-electron chi connectivity index (χ1n) is 9.16.